The largest absolute Gasteiger partial charge is 0.490 e. The van der Waals surface area contributed by atoms with Crippen LogP contribution in [0.2, 0.25) is 10.2 Å². The summed E-state index contributed by atoms with van der Waals surface area (Å²) in [5.74, 6) is -3.55. The number of carbonyl (C=O) groups is 2. The third-order valence-corrected chi connectivity index (χ3v) is 8.34. The number of piperidine rings is 1. The predicted octanol–water partition coefficient (Wildman–Crippen LogP) is 5.78. The molecule has 0 aliphatic carbocycles. The summed E-state index contributed by atoms with van der Waals surface area (Å²) in [6.07, 6.45) is 3.78. The van der Waals surface area contributed by atoms with Crippen LogP contribution in [0.3, 0.4) is 0 Å². The number of amides is 1. The quantitative estimate of drug-likeness (QED) is 0.356. The number of carbonyl (C=O) groups excluding carboxylic acids is 1. The molecule has 2 N–H and O–H groups in total. The van der Waals surface area contributed by atoms with Crippen LogP contribution in [0.5, 0.6) is 0 Å². The van der Waals surface area contributed by atoms with Crippen LogP contribution >= 0.6 is 23.2 Å². The number of fused-ring (bicyclic) bond motifs is 1. The fourth-order valence-corrected chi connectivity index (χ4v) is 5.88. The minimum absolute atomic E-state index is 0.0769. The average molecular weight is 633 g/mol. The SMILES string of the molecule is O=C(O)C(F)(F)F.O=C(c1cc(Cc2c[nH]c(=O)c3cc(Cl)c(Cl)n23)ccc1F)N1CCC(N2CCCCCC2)CC1. The molecular formula is C28H30Cl2F4N4O4. The molecule has 8 nitrogen and oxygen atoms in total. The van der Waals surface area contributed by atoms with Crippen LogP contribution in [0, 0.1) is 5.82 Å². The molecular weight excluding hydrogens is 603 g/mol. The van der Waals surface area contributed by atoms with Crippen molar-refractivity contribution in [3.05, 3.63) is 73.6 Å². The number of halogens is 6. The Morgan fingerprint density at radius 3 is 2.21 bits per heavy atom. The Morgan fingerprint density at radius 2 is 1.62 bits per heavy atom. The van der Waals surface area contributed by atoms with E-state index in [-0.39, 0.29) is 27.2 Å². The Bertz CT molecular complexity index is 1490. The first-order valence-corrected chi connectivity index (χ1v) is 14.3. The van der Waals surface area contributed by atoms with E-state index in [0.717, 1.165) is 31.5 Å². The topological polar surface area (TPSA) is 98.1 Å². The summed E-state index contributed by atoms with van der Waals surface area (Å²) in [4.78, 5) is 41.4. The second-order valence-electron chi connectivity index (χ2n) is 10.4. The van der Waals surface area contributed by atoms with Crippen LogP contribution in [-0.2, 0) is 11.2 Å². The molecule has 228 valence electrons. The molecule has 0 atom stereocenters. The van der Waals surface area contributed by atoms with Crippen LogP contribution in [0.1, 0.15) is 60.1 Å². The van der Waals surface area contributed by atoms with Crippen LogP contribution in [0.15, 0.2) is 35.3 Å². The highest BCUT2D eigenvalue weighted by atomic mass is 35.5. The molecule has 2 aromatic heterocycles. The highest BCUT2D eigenvalue weighted by Gasteiger charge is 2.38. The monoisotopic (exact) mass is 632 g/mol. The Kier molecular flexibility index (Phi) is 10.2. The van der Waals surface area contributed by atoms with E-state index in [1.54, 1.807) is 27.6 Å². The zero-order valence-corrected chi connectivity index (χ0v) is 24.0. The fourth-order valence-electron chi connectivity index (χ4n) is 5.44. The minimum atomic E-state index is -5.08. The maximum Gasteiger partial charge on any atom is 0.490 e. The van der Waals surface area contributed by atoms with Gasteiger partial charge in [0.15, 0.2) is 0 Å². The van der Waals surface area contributed by atoms with E-state index in [1.165, 1.54) is 37.8 Å². The van der Waals surface area contributed by atoms with E-state index < -0.39 is 18.0 Å². The van der Waals surface area contributed by atoms with Crippen molar-refractivity contribution >= 4 is 40.6 Å². The fraction of sp³-hybridized carbons (Fsp3) is 0.464. The van der Waals surface area contributed by atoms with Gasteiger partial charge in [-0.3, -0.25) is 14.0 Å². The number of nitrogens with one attached hydrogen (secondary N) is 1. The normalized spacial score (nSPS) is 17.0. The summed E-state index contributed by atoms with van der Waals surface area (Å²) < 4.78 is 48.1. The molecule has 0 spiro atoms. The summed E-state index contributed by atoms with van der Waals surface area (Å²) >= 11 is 12.5. The number of alkyl halides is 3. The van der Waals surface area contributed by atoms with E-state index in [1.807, 2.05) is 0 Å². The van der Waals surface area contributed by atoms with Gasteiger partial charge in [-0.15, -0.1) is 0 Å². The number of hydrogen-bond acceptors (Lipinski definition) is 4. The number of hydrogen-bond donors (Lipinski definition) is 2. The molecule has 1 amide bonds. The van der Waals surface area contributed by atoms with Gasteiger partial charge in [0.25, 0.3) is 11.5 Å². The number of benzene rings is 1. The van der Waals surface area contributed by atoms with Gasteiger partial charge < -0.3 is 19.9 Å². The van der Waals surface area contributed by atoms with Gasteiger partial charge in [0.2, 0.25) is 0 Å². The zero-order chi connectivity index (χ0) is 30.6. The van der Waals surface area contributed by atoms with Gasteiger partial charge in [0, 0.05) is 37.4 Å². The summed E-state index contributed by atoms with van der Waals surface area (Å²) in [5, 5.41) is 7.65. The first kappa shape index (κ1) is 31.8. The Morgan fingerprint density at radius 1 is 1.00 bits per heavy atom. The number of rotatable bonds is 4. The van der Waals surface area contributed by atoms with Gasteiger partial charge in [-0.2, -0.15) is 13.2 Å². The average Bonchev–Trinajstić information content (AvgIpc) is 3.11. The molecule has 5 rings (SSSR count). The van der Waals surface area contributed by atoms with Gasteiger partial charge in [0.05, 0.1) is 10.6 Å². The van der Waals surface area contributed by atoms with Crippen LogP contribution < -0.4 is 5.56 Å². The lowest BCUT2D eigenvalue weighted by molar-refractivity contribution is -0.192. The highest BCUT2D eigenvalue weighted by Crippen LogP contribution is 2.27. The summed E-state index contributed by atoms with van der Waals surface area (Å²) in [7, 11) is 0. The van der Waals surface area contributed by atoms with Crippen molar-refractivity contribution in [3.63, 3.8) is 0 Å². The molecule has 2 aliphatic heterocycles. The molecule has 0 unspecified atom stereocenters. The van der Waals surface area contributed by atoms with Gasteiger partial charge in [-0.1, -0.05) is 42.1 Å². The van der Waals surface area contributed by atoms with E-state index in [9.17, 15) is 27.2 Å². The van der Waals surface area contributed by atoms with Crippen LogP contribution in [0.25, 0.3) is 5.52 Å². The number of aromatic nitrogens is 2. The van der Waals surface area contributed by atoms with Crippen molar-refractivity contribution in [3.8, 4) is 0 Å². The van der Waals surface area contributed by atoms with Gasteiger partial charge in [-0.05, 0) is 62.5 Å². The number of nitrogens with zero attached hydrogens (tertiary/aromatic N) is 3. The molecule has 2 fully saturated rings. The minimum Gasteiger partial charge on any atom is -0.475 e. The Hall–Kier alpha value is -3.09. The van der Waals surface area contributed by atoms with E-state index in [2.05, 4.69) is 9.88 Å². The van der Waals surface area contributed by atoms with E-state index in [0.29, 0.717) is 36.8 Å². The first-order chi connectivity index (χ1) is 19.9. The molecule has 2 saturated heterocycles. The molecule has 4 heterocycles. The summed E-state index contributed by atoms with van der Waals surface area (Å²) in [5.41, 5.74) is 1.53. The lowest BCUT2D eigenvalue weighted by Gasteiger charge is -2.38. The number of carboxylic acids is 1. The molecule has 2 aliphatic rings. The first-order valence-electron chi connectivity index (χ1n) is 13.6. The highest BCUT2D eigenvalue weighted by molar-refractivity contribution is 6.42. The number of aliphatic carboxylic acids is 1. The summed E-state index contributed by atoms with van der Waals surface area (Å²) in [6.45, 7) is 3.57. The smallest absolute Gasteiger partial charge is 0.475 e. The Labute approximate surface area is 248 Å². The maximum absolute atomic E-state index is 14.8. The van der Waals surface area contributed by atoms with Gasteiger partial charge >= 0.3 is 12.1 Å². The number of likely N-dealkylation sites (tertiary alicyclic amines) is 2. The standard InChI is InChI=1S/C26H29Cl2FN4O2.C2HF3O2/c27-21-15-23-25(34)30-16-19(33(23)24(21)28)13-17-5-6-22(29)20(14-17)26(35)32-11-7-18(8-12-32)31-9-3-1-2-4-10-31;3-2(4,5)1(6)7/h5-6,14-16,18H,1-4,7-13H2,(H,30,34);(H,6,7). The van der Waals surface area contributed by atoms with Gasteiger partial charge in [0.1, 0.15) is 16.5 Å². The molecule has 0 bridgehead atoms. The van der Waals surface area contributed by atoms with E-state index >= 15 is 0 Å². The van der Waals surface area contributed by atoms with E-state index in [4.69, 9.17) is 33.1 Å². The number of aromatic amines is 1. The van der Waals surface area contributed by atoms with Crippen molar-refractivity contribution in [2.75, 3.05) is 26.2 Å². The molecule has 0 radical (unpaired) electrons. The number of carboxylic acid groups (broad SMARTS) is 1. The van der Waals surface area contributed by atoms with Gasteiger partial charge in [-0.25, -0.2) is 9.18 Å². The zero-order valence-electron chi connectivity index (χ0n) is 22.5. The van der Waals surface area contributed by atoms with Crippen LogP contribution in [0.4, 0.5) is 17.6 Å². The second-order valence-corrected chi connectivity index (χ2v) is 11.1. The van der Waals surface area contributed by atoms with Crippen molar-refractivity contribution in [1.82, 2.24) is 19.2 Å². The molecule has 1 aromatic carbocycles. The molecule has 14 heteroatoms. The van der Waals surface area contributed by atoms with Crippen molar-refractivity contribution in [1.29, 1.82) is 0 Å². The molecule has 3 aromatic rings. The second kappa shape index (κ2) is 13.5. The van der Waals surface area contributed by atoms with Crippen molar-refractivity contribution in [2.45, 2.75) is 57.2 Å². The number of H-pyrrole nitrogens is 1. The third-order valence-electron chi connectivity index (χ3n) is 7.59. The lowest BCUT2D eigenvalue weighted by Crippen LogP contribution is -2.47. The molecule has 42 heavy (non-hydrogen) atoms. The summed E-state index contributed by atoms with van der Waals surface area (Å²) in [6, 6.07) is 6.61. The molecule has 0 saturated carbocycles. The van der Waals surface area contributed by atoms with Crippen molar-refractivity contribution < 1.29 is 32.3 Å². The lowest BCUT2D eigenvalue weighted by atomic mass is 10.0. The van der Waals surface area contributed by atoms with Crippen molar-refractivity contribution in [2.24, 2.45) is 0 Å². The Balaban J connectivity index is 0.000000517. The third kappa shape index (κ3) is 7.45. The predicted molar refractivity (Wildman–Crippen MR) is 150 cm³/mol. The maximum atomic E-state index is 14.8. The van der Waals surface area contributed by atoms with Crippen LogP contribution in [-0.4, -0.2) is 74.6 Å².